The Bertz CT molecular complexity index is 469. The smallest absolute Gasteiger partial charge is 0.335 e. The van der Waals surface area contributed by atoms with Gasteiger partial charge < -0.3 is 4.74 Å². The van der Waals surface area contributed by atoms with Crippen LogP contribution in [-0.4, -0.2) is 5.97 Å². The zero-order valence-electron chi connectivity index (χ0n) is 8.38. The minimum absolute atomic E-state index is 0.316. The molecular weight excluding hydrogens is 222 g/mol. The number of carbonyl (C=O) groups is 1. The topological polar surface area (TPSA) is 50.1 Å². The second-order valence-electron chi connectivity index (χ2n) is 2.84. The van der Waals surface area contributed by atoms with Gasteiger partial charge in [0.25, 0.3) is 0 Å². The molecule has 0 aromatic heterocycles. The molecule has 4 heteroatoms. The fourth-order valence-electron chi connectivity index (χ4n) is 0.980. The number of rotatable bonds is 3. The highest BCUT2D eigenvalue weighted by atomic mass is 32.1. The van der Waals surface area contributed by atoms with Crippen LogP contribution < -0.4 is 4.74 Å². The summed E-state index contributed by atoms with van der Waals surface area (Å²) in [6.45, 7) is 3.29. The van der Waals surface area contributed by atoms with E-state index in [9.17, 15) is 4.79 Å². The van der Waals surface area contributed by atoms with Gasteiger partial charge in [-0.2, -0.15) is 5.26 Å². The highest BCUT2D eigenvalue weighted by Gasteiger charge is 1.98. The van der Waals surface area contributed by atoms with Crippen molar-refractivity contribution >= 4 is 24.7 Å². The average molecular weight is 231 g/mol. The van der Waals surface area contributed by atoms with Crippen LogP contribution in [0.25, 0.3) is 6.08 Å². The normalized spacial score (nSPS) is 10.4. The van der Waals surface area contributed by atoms with Gasteiger partial charge in [0.2, 0.25) is 0 Å². The van der Waals surface area contributed by atoms with Crippen molar-refractivity contribution in [1.29, 1.82) is 5.26 Å². The second-order valence-corrected chi connectivity index (χ2v) is 3.32. The van der Waals surface area contributed by atoms with E-state index in [0.29, 0.717) is 10.7 Å². The van der Waals surface area contributed by atoms with Crippen LogP contribution in [0.2, 0.25) is 0 Å². The Morgan fingerprint density at radius 2 is 2.06 bits per heavy atom. The molecule has 0 spiro atoms. The Kier molecular flexibility index (Phi) is 4.37. The van der Waals surface area contributed by atoms with Crippen molar-refractivity contribution in [3.8, 4) is 11.8 Å². The Hall–Kier alpha value is -1.99. The van der Waals surface area contributed by atoms with Crippen molar-refractivity contribution in [3.63, 3.8) is 0 Å². The SMILES string of the molecule is C=CC(=O)Oc1ccc(/C=C(/S)C#N)cc1. The van der Waals surface area contributed by atoms with Gasteiger partial charge in [-0.3, -0.25) is 0 Å². The molecule has 0 radical (unpaired) electrons. The van der Waals surface area contributed by atoms with E-state index >= 15 is 0 Å². The van der Waals surface area contributed by atoms with Crippen molar-refractivity contribution in [2.75, 3.05) is 0 Å². The third-order valence-electron chi connectivity index (χ3n) is 1.68. The van der Waals surface area contributed by atoms with E-state index in [4.69, 9.17) is 10.00 Å². The van der Waals surface area contributed by atoms with Gasteiger partial charge in [0, 0.05) is 6.08 Å². The molecule has 1 rings (SSSR count). The number of esters is 1. The first kappa shape index (κ1) is 12.1. The Balaban J connectivity index is 2.80. The number of nitriles is 1. The Morgan fingerprint density at radius 3 is 2.56 bits per heavy atom. The molecule has 3 nitrogen and oxygen atoms in total. The maximum absolute atomic E-state index is 10.9. The van der Waals surface area contributed by atoms with E-state index in [1.54, 1.807) is 30.3 Å². The molecule has 0 N–H and O–H groups in total. The molecule has 0 bridgehead atoms. The van der Waals surface area contributed by atoms with E-state index in [-0.39, 0.29) is 0 Å². The Morgan fingerprint density at radius 1 is 1.44 bits per heavy atom. The monoisotopic (exact) mass is 231 g/mol. The van der Waals surface area contributed by atoms with Crippen LogP contribution in [0.5, 0.6) is 5.75 Å². The molecule has 0 saturated heterocycles. The number of thiol groups is 1. The van der Waals surface area contributed by atoms with Crippen LogP contribution in [0, 0.1) is 11.3 Å². The second kappa shape index (κ2) is 5.79. The molecule has 0 fully saturated rings. The quantitative estimate of drug-likeness (QED) is 0.286. The molecule has 0 aliphatic carbocycles. The summed E-state index contributed by atoms with van der Waals surface area (Å²) in [7, 11) is 0. The van der Waals surface area contributed by atoms with Gasteiger partial charge in [-0.05, 0) is 23.8 Å². The summed E-state index contributed by atoms with van der Waals surface area (Å²) >= 11 is 3.94. The first-order valence-corrected chi connectivity index (χ1v) is 4.85. The molecular formula is C12H9NO2S. The maximum atomic E-state index is 10.9. The summed E-state index contributed by atoms with van der Waals surface area (Å²) in [5, 5.41) is 8.53. The molecule has 0 unspecified atom stereocenters. The minimum Gasteiger partial charge on any atom is -0.423 e. The molecule has 0 saturated carbocycles. The number of hydrogen-bond donors (Lipinski definition) is 1. The van der Waals surface area contributed by atoms with Crippen LogP contribution >= 0.6 is 12.6 Å². The summed E-state index contributed by atoms with van der Waals surface area (Å²) in [5.41, 5.74) is 0.810. The molecule has 80 valence electrons. The van der Waals surface area contributed by atoms with E-state index in [0.717, 1.165) is 11.6 Å². The highest BCUT2D eigenvalue weighted by Crippen LogP contribution is 2.15. The molecule has 1 aromatic rings. The Labute approximate surface area is 99.1 Å². The van der Waals surface area contributed by atoms with Crippen LogP contribution in [-0.2, 0) is 4.79 Å². The van der Waals surface area contributed by atoms with Gasteiger partial charge in [0.05, 0.1) is 4.91 Å². The molecule has 0 amide bonds. The fourth-order valence-corrected chi connectivity index (χ4v) is 1.13. The van der Waals surface area contributed by atoms with E-state index < -0.39 is 5.97 Å². The third-order valence-corrected chi connectivity index (χ3v) is 1.91. The largest absolute Gasteiger partial charge is 0.423 e. The molecule has 0 aliphatic rings. The molecule has 16 heavy (non-hydrogen) atoms. The van der Waals surface area contributed by atoms with E-state index in [2.05, 4.69) is 19.2 Å². The van der Waals surface area contributed by atoms with Crippen LogP contribution in [0.15, 0.2) is 41.8 Å². The summed E-state index contributed by atoms with van der Waals surface area (Å²) in [4.78, 5) is 11.2. The predicted octanol–water partition coefficient (Wildman–Crippen LogP) is 2.57. The summed E-state index contributed by atoms with van der Waals surface area (Å²) in [6.07, 6.45) is 2.71. The van der Waals surface area contributed by atoms with Gasteiger partial charge in [-0.15, -0.1) is 12.6 Å². The van der Waals surface area contributed by atoms with Crippen LogP contribution in [0.3, 0.4) is 0 Å². The predicted molar refractivity (Wildman–Crippen MR) is 64.9 cm³/mol. The highest BCUT2D eigenvalue weighted by molar-refractivity contribution is 7.85. The van der Waals surface area contributed by atoms with E-state index in [1.807, 2.05) is 6.07 Å². The number of ether oxygens (including phenoxy) is 1. The zero-order valence-corrected chi connectivity index (χ0v) is 9.28. The van der Waals surface area contributed by atoms with Crippen molar-refractivity contribution in [3.05, 3.63) is 47.4 Å². The van der Waals surface area contributed by atoms with Crippen LogP contribution in [0.1, 0.15) is 5.56 Å². The lowest BCUT2D eigenvalue weighted by Crippen LogP contribution is -2.02. The lowest BCUT2D eigenvalue weighted by Gasteiger charge is -2.01. The average Bonchev–Trinajstić information content (AvgIpc) is 2.31. The zero-order chi connectivity index (χ0) is 12.0. The first-order chi connectivity index (χ1) is 7.65. The molecule has 0 heterocycles. The standard InChI is InChI=1S/C12H9NO2S/c1-2-12(14)15-10-5-3-9(4-6-10)7-11(16)8-13/h2-7,16H,1H2/b11-7+. The summed E-state index contributed by atoms with van der Waals surface area (Å²) < 4.78 is 4.89. The number of hydrogen-bond acceptors (Lipinski definition) is 4. The lowest BCUT2D eigenvalue weighted by atomic mass is 10.2. The van der Waals surface area contributed by atoms with E-state index in [1.165, 1.54) is 0 Å². The van der Waals surface area contributed by atoms with Gasteiger partial charge in [0.1, 0.15) is 11.8 Å². The van der Waals surface area contributed by atoms with Crippen molar-refractivity contribution < 1.29 is 9.53 Å². The fraction of sp³-hybridized carbons (Fsp3) is 0. The van der Waals surface area contributed by atoms with Crippen molar-refractivity contribution in [2.24, 2.45) is 0 Å². The summed E-state index contributed by atoms with van der Waals surface area (Å²) in [6, 6.07) is 8.60. The molecule has 0 atom stereocenters. The lowest BCUT2D eigenvalue weighted by molar-refractivity contribution is -0.128. The van der Waals surface area contributed by atoms with Crippen LogP contribution in [0.4, 0.5) is 0 Å². The van der Waals surface area contributed by atoms with Gasteiger partial charge in [-0.1, -0.05) is 18.7 Å². The summed E-state index contributed by atoms with van der Waals surface area (Å²) in [5.74, 6) is -0.0741. The van der Waals surface area contributed by atoms with Gasteiger partial charge in [-0.25, -0.2) is 4.79 Å². The maximum Gasteiger partial charge on any atom is 0.335 e. The third kappa shape index (κ3) is 3.64. The van der Waals surface area contributed by atoms with Crippen molar-refractivity contribution in [2.45, 2.75) is 0 Å². The number of allylic oxidation sites excluding steroid dienone is 1. The number of carbonyl (C=O) groups excluding carboxylic acids is 1. The van der Waals surface area contributed by atoms with Gasteiger partial charge >= 0.3 is 5.97 Å². The molecule has 0 aliphatic heterocycles. The molecule has 1 aromatic carbocycles. The number of nitrogens with zero attached hydrogens (tertiary/aromatic N) is 1. The first-order valence-electron chi connectivity index (χ1n) is 4.41. The number of benzene rings is 1. The van der Waals surface area contributed by atoms with Crippen molar-refractivity contribution in [1.82, 2.24) is 0 Å². The minimum atomic E-state index is -0.504. The van der Waals surface area contributed by atoms with Gasteiger partial charge in [0.15, 0.2) is 0 Å².